The van der Waals surface area contributed by atoms with Gasteiger partial charge in [0.1, 0.15) is 0 Å². The fourth-order valence-electron chi connectivity index (χ4n) is 4.62. The predicted molar refractivity (Wildman–Crippen MR) is 109 cm³/mol. The highest BCUT2D eigenvalue weighted by molar-refractivity contribution is 5.69. The van der Waals surface area contributed by atoms with E-state index in [4.69, 9.17) is 4.74 Å². The maximum absolute atomic E-state index is 12.8. The number of alkyl halides is 3. The smallest absolute Gasteiger partial charge is 0.416 e. The molecule has 30 heavy (non-hydrogen) atoms. The molecule has 8 heteroatoms. The molecular weight excluding hydrogens is 395 g/mol. The zero-order valence-electron chi connectivity index (χ0n) is 17.8. The summed E-state index contributed by atoms with van der Waals surface area (Å²) in [7, 11) is 3.55. The number of nitrogens with zero attached hydrogens (tertiary/aromatic N) is 3. The van der Waals surface area contributed by atoms with Crippen molar-refractivity contribution >= 4 is 5.97 Å². The Morgan fingerprint density at radius 3 is 2.37 bits per heavy atom. The van der Waals surface area contributed by atoms with Crippen LogP contribution in [0, 0.1) is 5.92 Å². The van der Waals surface area contributed by atoms with E-state index in [1.54, 1.807) is 12.1 Å². The molecule has 2 fully saturated rings. The van der Waals surface area contributed by atoms with E-state index in [-0.39, 0.29) is 5.97 Å². The topological polar surface area (TPSA) is 36.0 Å². The molecule has 0 aliphatic carbocycles. The van der Waals surface area contributed by atoms with Crippen molar-refractivity contribution in [3.63, 3.8) is 0 Å². The van der Waals surface area contributed by atoms with Crippen molar-refractivity contribution in [2.45, 2.75) is 38.0 Å². The second kappa shape index (κ2) is 10.1. The first-order valence-corrected chi connectivity index (χ1v) is 10.6. The SMILES string of the molecule is COC(=O)CC[C@H]1CN(Cc2ccc(C(F)(F)F)cc2)CC[C@H]1N1CCN(C)CC1. The van der Waals surface area contributed by atoms with E-state index in [2.05, 4.69) is 21.7 Å². The van der Waals surface area contributed by atoms with Gasteiger partial charge in [0.25, 0.3) is 0 Å². The minimum absolute atomic E-state index is 0.188. The molecule has 0 aromatic heterocycles. The Labute approximate surface area is 176 Å². The van der Waals surface area contributed by atoms with Crippen LogP contribution in [0.15, 0.2) is 24.3 Å². The molecule has 0 radical (unpaired) electrons. The molecule has 2 heterocycles. The lowest BCUT2D eigenvalue weighted by molar-refractivity contribution is -0.141. The van der Waals surface area contributed by atoms with Crippen LogP contribution in [0.2, 0.25) is 0 Å². The Hall–Kier alpha value is -1.64. The summed E-state index contributed by atoms with van der Waals surface area (Å²) in [6.07, 6.45) is -2.12. The number of carbonyl (C=O) groups excluding carboxylic acids is 1. The largest absolute Gasteiger partial charge is 0.469 e. The van der Waals surface area contributed by atoms with Crippen LogP contribution in [0.1, 0.15) is 30.4 Å². The molecule has 0 spiro atoms. The lowest BCUT2D eigenvalue weighted by atomic mass is 9.86. The number of hydrogen-bond acceptors (Lipinski definition) is 5. The van der Waals surface area contributed by atoms with Crippen LogP contribution in [0.5, 0.6) is 0 Å². The molecule has 2 saturated heterocycles. The molecule has 0 bridgehead atoms. The lowest BCUT2D eigenvalue weighted by Gasteiger charge is -2.46. The summed E-state index contributed by atoms with van der Waals surface area (Å²) in [5.41, 5.74) is 0.267. The first kappa shape index (κ1) is 23.0. The van der Waals surface area contributed by atoms with Gasteiger partial charge in [-0.2, -0.15) is 13.2 Å². The van der Waals surface area contributed by atoms with Crippen LogP contribution in [0.4, 0.5) is 13.2 Å². The highest BCUT2D eigenvalue weighted by atomic mass is 19.4. The van der Waals surface area contributed by atoms with E-state index in [1.165, 1.54) is 7.11 Å². The molecule has 0 unspecified atom stereocenters. The van der Waals surface area contributed by atoms with E-state index in [0.717, 1.165) is 69.8 Å². The number of esters is 1. The zero-order valence-corrected chi connectivity index (χ0v) is 17.8. The third-order valence-corrected chi connectivity index (χ3v) is 6.42. The number of carbonyl (C=O) groups is 1. The maximum atomic E-state index is 12.8. The van der Waals surface area contributed by atoms with Crippen LogP contribution in [-0.2, 0) is 22.3 Å². The van der Waals surface area contributed by atoms with E-state index >= 15 is 0 Å². The average molecular weight is 428 g/mol. The number of piperazine rings is 1. The van der Waals surface area contributed by atoms with Crippen molar-refractivity contribution < 1.29 is 22.7 Å². The van der Waals surface area contributed by atoms with Gasteiger partial charge in [0.2, 0.25) is 0 Å². The van der Waals surface area contributed by atoms with Crippen LogP contribution >= 0.6 is 0 Å². The van der Waals surface area contributed by atoms with Gasteiger partial charge in [-0.25, -0.2) is 0 Å². The molecule has 1 aromatic rings. The number of likely N-dealkylation sites (tertiary alicyclic amines) is 1. The van der Waals surface area contributed by atoms with Crippen LogP contribution in [0.3, 0.4) is 0 Å². The Balaban J connectivity index is 1.63. The van der Waals surface area contributed by atoms with Crippen molar-refractivity contribution in [1.29, 1.82) is 0 Å². The Morgan fingerprint density at radius 1 is 1.10 bits per heavy atom. The van der Waals surface area contributed by atoms with Gasteiger partial charge in [-0.05, 0) is 50.0 Å². The highest BCUT2D eigenvalue weighted by Gasteiger charge is 2.35. The second-order valence-electron chi connectivity index (χ2n) is 8.50. The first-order valence-electron chi connectivity index (χ1n) is 10.6. The number of piperidine rings is 1. The molecule has 168 valence electrons. The Kier molecular flexibility index (Phi) is 7.76. The number of hydrogen-bond donors (Lipinski definition) is 0. The van der Waals surface area contributed by atoms with E-state index in [9.17, 15) is 18.0 Å². The highest BCUT2D eigenvalue weighted by Crippen LogP contribution is 2.31. The number of methoxy groups -OCH3 is 1. The summed E-state index contributed by atoms with van der Waals surface area (Å²) in [6.45, 7) is 6.55. The molecule has 1 aromatic carbocycles. The number of halogens is 3. The maximum Gasteiger partial charge on any atom is 0.416 e. The van der Waals surface area contributed by atoms with Crippen molar-refractivity contribution in [2.24, 2.45) is 5.92 Å². The van der Waals surface area contributed by atoms with Crippen molar-refractivity contribution in [3.05, 3.63) is 35.4 Å². The fourth-order valence-corrected chi connectivity index (χ4v) is 4.62. The van der Waals surface area contributed by atoms with Gasteiger partial charge < -0.3 is 9.64 Å². The standard InChI is InChI=1S/C22H32F3N3O2/c1-26-11-13-28(14-12-26)20-9-10-27(16-18(20)5-8-21(29)30-2)15-17-3-6-19(7-4-17)22(23,24)25/h3-4,6-7,18,20H,5,8-16H2,1-2H3/t18-,20+/m0/s1. The van der Waals surface area contributed by atoms with Gasteiger partial charge in [0, 0.05) is 51.7 Å². The van der Waals surface area contributed by atoms with Crippen LogP contribution in [0.25, 0.3) is 0 Å². The minimum atomic E-state index is -4.31. The minimum Gasteiger partial charge on any atom is -0.469 e. The molecule has 0 N–H and O–H groups in total. The normalized spacial score (nSPS) is 24.7. The molecule has 5 nitrogen and oxygen atoms in total. The molecule has 2 aliphatic rings. The van der Waals surface area contributed by atoms with Crippen LogP contribution in [-0.4, -0.2) is 80.1 Å². The number of rotatable bonds is 6. The van der Waals surface area contributed by atoms with Crippen molar-refractivity contribution in [3.8, 4) is 0 Å². The average Bonchev–Trinajstić information content (AvgIpc) is 2.72. The van der Waals surface area contributed by atoms with Gasteiger partial charge in [0.05, 0.1) is 12.7 Å². The number of ether oxygens (including phenoxy) is 1. The number of benzene rings is 1. The molecule has 0 saturated carbocycles. The van der Waals surface area contributed by atoms with Crippen molar-refractivity contribution in [2.75, 3.05) is 53.4 Å². The molecule has 2 aliphatic heterocycles. The summed E-state index contributed by atoms with van der Waals surface area (Å²) in [5, 5.41) is 0. The molecule has 3 rings (SSSR count). The quantitative estimate of drug-likeness (QED) is 0.652. The third-order valence-electron chi connectivity index (χ3n) is 6.42. The Morgan fingerprint density at radius 2 is 1.77 bits per heavy atom. The Bertz CT molecular complexity index is 688. The van der Waals surface area contributed by atoms with E-state index < -0.39 is 11.7 Å². The zero-order chi connectivity index (χ0) is 21.7. The summed E-state index contributed by atoms with van der Waals surface area (Å²) in [5.74, 6) is 0.155. The first-order chi connectivity index (χ1) is 14.3. The second-order valence-corrected chi connectivity index (χ2v) is 8.50. The monoisotopic (exact) mass is 427 g/mol. The van der Waals surface area contributed by atoms with Crippen LogP contribution < -0.4 is 0 Å². The van der Waals surface area contributed by atoms with Gasteiger partial charge in [-0.1, -0.05) is 12.1 Å². The summed E-state index contributed by atoms with van der Waals surface area (Å²) in [4.78, 5) is 18.9. The lowest BCUT2D eigenvalue weighted by Crippen LogP contribution is -2.56. The summed E-state index contributed by atoms with van der Waals surface area (Å²) < 4.78 is 43.2. The number of likely N-dealkylation sites (N-methyl/N-ethyl adjacent to an activating group) is 1. The summed E-state index contributed by atoms with van der Waals surface area (Å²) in [6, 6.07) is 5.88. The van der Waals surface area contributed by atoms with E-state index in [1.807, 2.05) is 0 Å². The third kappa shape index (κ3) is 6.18. The van der Waals surface area contributed by atoms with E-state index in [0.29, 0.717) is 24.9 Å². The molecular formula is C22H32F3N3O2. The summed E-state index contributed by atoms with van der Waals surface area (Å²) >= 11 is 0. The van der Waals surface area contributed by atoms with Gasteiger partial charge in [-0.15, -0.1) is 0 Å². The van der Waals surface area contributed by atoms with Crippen molar-refractivity contribution in [1.82, 2.24) is 14.7 Å². The molecule has 2 atom stereocenters. The van der Waals surface area contributed by atoms with Gasteiger partial charge >= 0.3 is 12.1 Å². The van der Waals surface area contributed by atoms with Gasteiger partial charge in [-0.3, -0.25) is 14.6 Å². The fraction of sp³-hybridized carbons (Fsp3) is 0.682. The van der Waals surface area contributed by atoms with Gasteiger partial charge in [0.15, 0.2) is 0 Å². The molecule has 0 amide bonds. The predicted octanol–water partition coefficient (Wildman–Crippen LogP) is 3.10.